The molecule has 0 spiro atoms. The average molecular weight is 469 g/mol. The lowest BCUT2D eigenvalue weighted by Gasteiger charge is -2.12. The van der Waals surface area contributed by atoms with E-state index in [0.29, 0.717) is 34.1 Å². The summed E-state index contributed by atoms with van der Waals surface area (Å²) in [5, 5.41) is 22.0. The number of benzene rings is 2. The van der Waals surface area contributed by atoms with Crippen LogP contribution < -0.4 is 18.9 Å². The second-order valence-electron chi connectivity index (χ2n) is 6.01. The molecule has 10 heteroatoms. The molecule has 2 atom stereocenters. The summed E-state index contributed by atoms with van der Waals surface area (Å²) in [6.45, 7) is 0. The van der Waals surface area contributed by atoms with Crippen molar-refractivity contribution in [3.8, 4) is 34.5 Å². The zero-order chi connectivity index (χ0) is 23.0. The topological polar surface area (TPSA) is 124 Å². The number of phenols is 2. The van der Waals surface area contributed by atoms with Crippen molar-refractivity contribution < 1.29 is 38.3 Å². The van der Waals surface area contributed by atoms with E-state index in [1.54, 1.807) is 0 Å². The van der Waals surface area contributed by atoms with E-state index in [0.717, 1.165) is 0 Å². The number of ether oxygens (including phenoxy) is 4. The van der Waals surface area contributed by atoms with E-state index in [1.165, 1.54) is 75.7 Å². The lowest BCUT2D eigenvalue weighted by molar-refractivity contribution is 0.383. The second kappa shape index (κ2) is 11.7. The van der Waals surface area contributed by atoms with Crippen LogP contribution in [-0.2, 0) is 22.4 Å². The van der Waals surface area contributed by atoms with Crippen LogP contribution in [0.25, 0.3) is 12.2 Å². The molecule has 2 unspecified atom stereocenters. The molecule has 0 amide bonds. The Kier molecular flexibility index (Phi) is 9.25. The van der Waals surface area contributed by atoms with Crippen molar-refractivity contribution in [2.24, 2.45) is 0 Å². The molecule has 2 aromatic carbocycles. The number of phenolic OH excluding ortho intramolecular Hbond substituents is 2. The summed E-state index contributed by atoms with van der Waals surface area (Å²) in [6, 6.07) is 5.63. The molecular weight excluding hydrogens is 444 g/mol. The van der Waals surface area contributed by atoms with Crippen LogP contribution in [0.2, 0.25) is 0 Å². The summed E-state index contributed by atoms with van der Waals surface area (Å²) < 4.78 is 45.6. The fraction of sp³-hybridized carbons (Fsp3) is 0.238. The number of rotatable bonds is 10. The fourth-order valence-electron chi connectivity index (χ4n) is 2.66. The molecule has 8 nitrogen and oxygen atoms in total. The molecule has 0 bridgehead atoms. The van der Waals surface area contributed by atoms with Crippen molar-refractivity contribution in [1.82, 2.24) is 0 Å². The van der Waals surface area contributed by atoms with E-state index >= 15 is 0 Å². The average Bonchev–Trinajstić information content (AvgIpc) is 2.75. The highest BCUT2D eigenvalue weighted by molar-refractivity contribution is 8.10. The standard InChI is InChI=1S/C21H24O8S2/c1-26-18-9-14(22)10-19(27-2)16(18)5-7-30(24)13-31(25)8-6-17-20(28-3)11-15(23)12-21(17)29-4/h5-12,22-23H,13H2,1-4H3/b7-5+,8-6?. The minimum absolute atomic E-state index is 0.0294. The van der Waals surface area contributed by atoms with Crippen LogP contribution in [-0.4, -0.2) is 52.8 Å². The van der Waals surface area contributed by atoms with Crippen molar-refractivity contribution in [2.75, 3.05) is 33.5 Å². The van der Waals surface area contributed by atoms with Gasteiger partial charge in [-0.1, -0.05) is 0 Å². The van der Waals surface area contributed by atoms with Crippen LogP contribution in [0.4, 0.5) is 0 Å². The van der Waals surface area contributed by atoms with Crippen LogP contribution in [0, 0.1) is 0 Å². The Morgan fingerprint density at radius 3 is 1.23 bits per heavy atom. The van der Waals surface area contributed by atoms with Gasteiger partial charge in [-0.25, -0.2) is 0 Å². The molecule has 0 aliphatic rings. The van der Waals surface area contributed by atoms with Crippen molar-refractivity contribution in [3.63, 3.8) is 0 Å². The van der Waals surface area contributed by atoms with Gasteiger partial charge in [0.05, 0.1) is 39.6 Å². The van der Waals surface area contributed by atoms with E-state index < -0.39 is 22.4 Å². The second-order valence-corrected chi connectivity index (χ2v) is 9.02. The van der Waals surface area contributed by atoms with Crippen molar-refractivity contribution >= 4 is 34.5 Å². The predicted molar refractivity (Wildman–Crippen MR) is 122 cm³/mol. The summed E-state index contributed by atoms with van der Waals surface area (Å²) in [5.74, 6) is 1.32. The molecule has 0 aliphatic carbocycles. The molecule has 0 aliphatic heterocycles. The fourth-order valence-corrected chi connectivity index (χ4v) is 4.78. The minimum atomic E-state index is -1.56. The van der Waals surface area contributed by atoms with Gasteiger partial charge in [0.25, 0.3) is 5.08 Å². The summed E-state index contributed by atoms with van der Waals surface area (Å²) in [7, 11) is 5.75. The van der Waals surface area contributed by atoms with Gasteiger partial charge in [-0.2, -0.15) is 0 Å². The minimum Gasteiger partial charge on any atom is -0.608 e. The molecule has 31 heavy (non-hydrogen) atoms. The maximum absolute atomic E-state index is 12.4. The number of aromatic hydroxyl groups is 2. The van der Waals surface area contributed by atoms with Gasteiger partial charge in [0.1, 0.15) is 45.3 Å². The predicted octanol–water partition coefficient (Wildman–Crippen LogP) is 3.23. The van der Waals surface area contributed by atoms with Crippen LogP contribution in [0.5, 0.6) is 34.5 Å². The van der Waals surface area contributed by atoms with Gasteiger partial charge in [-0.15, -0.1) is 0 Å². The van der Waals surface area contributed by atoms with Gasteiger partial charge < -0.3 is 38.3 Å². The van der Waals surface area contributed by atoms with E-state index in [1.807, 2.05) is 0 Å². The highest BCUT2D eigenvalue weighted by Crippen LogP contribution is 2.36. The number of hydrogen-bond donors (Lipinski definition) is 2. The summed E-state index contributed by atoms with van der Waals surface area (Å²) in [5.41, 5.74) is 0.993. The Labute approximate surface area is 187 Å². The monoisotopic (exact) mass is 468 g/mol. The Morgan fingerprint density at radius 1 is 0.677 bits per heavy atom. The molecule has 2 N–H and O–H groups in total. The lowest BCUT2D eigenvalue weighted by Crippen LogP contribution is -2.12. The number of hydrogen-bond acceptors (Lipinski definition) is 8. The SMILES string of the molecule is COc1cc(O)cc(OC)c1C=C[S+]([O-])C[S+]([O-])/C=C/c1c(OC)cc(O)cc1OC. The summed E-state index contributed by atoms with van der Waals surface area (Å²) in [6.07, 6.45) is 3.06. The lowest BCUT2D eigenvalue weighted by atomic mass is 10.1. The molecule has 0 saturated heterocycles. The molecule has 2 aromatic rings. The third kappa shape index (κ3) is 6.66. The summed E-state index contributed by atoms with van der Waals surface area (Å²) in [4.78, 5) is 0. The van der Waals surface area contributed by atoms with Gasteiger partial charge in [-0.05, 0) is 0 Å². The van der Waals surface area contributed by atoms with Crippen molar-refractivity contribution in [1.29, 1.82) is 0 Å². The molecule has 0 heterocycles. The maximum Gasteiger partial charge on any atom is 0.262 e. The molecular formula is C21H24O8S2. The van der Waals surface area contributed by atoms with Gasteiger partial charge >= 0.3 is 0 Å². The van der Waals surface area contributed by atoms with Crippen LogP contribution in [0.15, 0.2) is 35.1 Å². The van der Waals surface area contributed by atoms with Crippen LogP contribution >= 0.6 is 0 Å². The van der Waals surface area contributed by atoms with Crippen LogP contribution in [0.1, 0.15) is 11.1 Å². The molecule has 0 fully saturated rings. The Balaban J connectivity index is 2.13. The smallest absolute Gasteiger partial charge is 0.262 e. The largest absolute Gasteiger partial charge is 0.608 e. The molecule has 0 aromatic heterocycles. The van der Waals surface area contributed by atoms with Crippen LogP contribution in [0.3, 0.4) is 0 Å². The van der Waals surface area contributed by atoms with Gasteiger partial charge in [0, 0.05) is 58.8 Å². The Morgan fingerprint density at radius 2 is 0.968 bits per heavy atom. The first-order chi connectivity index (χ1) is 14.8. The first kappa shape index (κ1) is 24.6. The molecule has 0 radical (unpaired) electrons. The zero-order valence-corrected chi connectivity index (χ0v) is 19.1. The van der Waals surface area contributed by atoms with E-state index in [4.69, 9.17) is 18.9 Å². The molecule has 2 rings (SSSR count). The third-order valence-electron chi connectivity index (χ3n) is 4.06. The van der Waals surface area contributed by atoms with Crippen molar-refractivity contribution in [2.45, 2.75) is 0 Å². The maximum atomic E-state index is 12.4. The van der Waals surface area contributed by atoms with Gasteiger partial charge in [0.15, 0.2) is 0 Å². The van der Waals surface area contributed by atoms with E-state index in [2.05, 4.69) is 0 Å². The first-order valence-electron chi connectivity index (χ1n) is 8.83. The normalized spacial score (nSPS) is 13.4. The third-order valence-corrected chi connectivity index (χ3v) is 6.80. The first-order valence-corrected chi connectivity index (χ1v) is 11.6. The van der Waals surface area contributed by atoms with Crippen molar-refractivity contribution in [3.05, 3.63) is 46.2 Å². The van der Waals surface area contributed by atoms with E-state index in [-0.39, 0.29) is 16.6 Å². The molecule has 168 valence electrons. The Hall–Kier alpha value is -2.66. The highest BCUT2D eigenvalue weighted by Gasteiger charge is 2.16. The van der Waals surface area contributed by atoms with Gasteiger partial charge in [0.2, 0.25) is 0 Å². The van der Waals surface area contributed by atoms with Gasteiger partial charge in [-0.3, -0.25) is 0 Å². The van der Waals surface area contributed by atoms with E-state index in [9.17, 15) is 19.3 Å². The zero-order valence-electron chi connectivity index (χ0n) is 17.5. The molecule has 0 saturated carbocycles. The highest BCUT2D eigenvalue weighted by atomic mass is 32.3. The Bertz CT molecular complexity index is 819. The quantitative estimate of drug-likeness (QED) is 0.510. The summed E-state index contributed by atoms with van der Waals surface area (Å²) >= 11 is -3.12. The number of methoxy groups -OCH3 is 4.